The summed E-state index contributed by atoms with van der Waals surface area (Å²) in [6, 6.07) is 12.7. The normalized spacial score (nSPS) is 10.0. The van der Waals surface area contributed by atoms with E-state index in [9.17, 15) is 14.0 Å². The van der Waals surface area contributed by atoms with Crippen LogP contribution in [0.1, 0.15) is 0 Å². The van der Waals surface area contributed by atoms with Gasteiger partial charge in [0.15, 0.2) is 0 Å². The molecule has 23 heavy (non-hydrogen) atoms. The van der Waals surface area contributed by atoms with E-state index in [1.807, 2.05) is 0 Å². The Morgan fingerprint density at radius 2 is 1.74 bits per heavy atom. The molecular weight excluding hydrogens is 317 g/mol. The van der Waals surface area contributed by atoms with Crippen LogP contribution < -0.4 is 16.0 Å². The van der Waals surface area contributed by atoms with Gasteiger partial charge in [-0.15, -0.1) is 11.8 Å². The highest BCUT2D eigenvalue weighted by Crippen LogP contribution is 2.21. The second-order valence-electron chi connectivity index (χ2n) is 4.55. The predicted octanol–water partition coefficient (Wildman–Crippen LogP) is 3.31. The predicted molar refractivity (Wildman–Crippen MR) is 90.3 cm³/mol. The number of urea groups is 1. The van der Waals surface area contributed by atoms with Crippen molar-refractivity contribution in [2.45, 2.75) is 4.90 Å². The van der Waals surface area contributed by atoms with E-state index in [4.69, 9.17) is 0 Å². The minimum atomic E-state index is -0.345. The van der Waals surface area contributed by atoms with Crippen molar-refractivity contribution < 1.29 is 14.0 Å². The molecule has 0 aliphatic heterocycles. The molecule has 0 saturated carbocycles. The Kier molecular flexibility index (Phi) is 5.99. The molecule has 0 spiro atoms. The van der Waals surface area contributed by atoms with Crippen molar-refractivity contribution in [3.8, 4) is 0 Å². The zero-order chi connectivity index (χ0) is 16.7. The molecule has 0 aliphatic rings. The first kappa shape index (κ1) is 16.8. The summed E-state index contributed by atoms with van der Waals surface area (Å²) in [5.41, 5.74) is 1.11. The Morgan fingerprint density at radius 3 is 2.43 bits per heavy atom. The zero-order valence-electron chi connectivity index (χ0n) is 12.4. The van der Waals surface area contributed by atoms with Crippen molar-refractivity contribution >= 4 is 35.1 Å². The first-order valence-electron chi connectivity index (χ1n) is 6.84. The SMILES string of the molecule is CNC(=O)Nc1cccc(NC(=O)CSc2ccccc2F)c1. The smallest absolute Gasteiger partial charge is 0.318 e. The second-order valence-corrected chi connectivity index (χ2v) is 5.57. The van der Waals surface area contributed by atoms with Gasteiger partial charge in [-0.2, -0.15) is 0 Å². The van der Waals surface area contributed by atoms with Crippen molar-refractivity contribution in [1.29, 1.82) is 0 Å². The average Bonchev–Trinajstić information content (AvgIpc) is 2.54. The molecule has 0 radical (unpaired) electrons. The van der Waals surface area contributed by atoms with Crippen LogP contribution in [0.15, 0.2) is 53.4 Å². The quantitative estimate of drug-likeness (QED) is 0.735. The van der Waals surface area contributed by atoms with Gasteiger partial charge in [-0.25, -0.2) is 9.18 Å². The maximum Gasteiger partial charge on any atom is 0.318 e. The van der Waals surface area contributed by atoms with Gasteiger partial charge in [0.05, 0.1) is 5.75 Å². The van der Waals surface area contributed by atoms with E-state index in [-0.39, 0.29) is 23.5 Å². The standard InChI is InChI=1S/C16H16FN3O2S/c1-18-16(22)20-12-6-4-5-11(9-12)19-15(21)10-23-14-8-3-2-7-13(14)17/h2-9H,10H2,1H3,(H,19,21)(H2,18,20,22). The topological polar surface area (TPSA) is 70.2 Å². The fourth-order valence-corrected chi connectivity index (χ4v) is 2.51. The van der Waals surface area contributed by atoms with Gasteiger partial charge in [-0.3, -0.25) is 4.79 Å². The first-order valence-corrected chi connectivity index (χ1v) is 7.83. The van der Waals surface area contributed by atoms with Crippen LogP contribution in [0.3, 0.4) is 0 Å². The molecular formula is C16H16FN3O2S. The van der Waals surface area contributed by atoms with E-state index >= 15 is 0 Å². The minimum Gasteiger partial charge on any atom is -0.341 e. The summed E-state index contributed by atoms with van der Waals surface area (Å²) in [6.45, 7) is 0. The Hall–Kier alpha value is -2.54. The molecule has 0 aromatic heterocycles. The van der Waals surface area contributed by atoms with Gasteiger partial charge >= 0.3 is 6.03 Å². The Labute approximate surface area is 137 Å². The summed E-state index contributed by atoms with van der Waals surface area (Å²) in [5, 5.41) is 7.76. The molecule has 7 heteroatoms. The lowest BCUT2D eigenvalue weighted by molar-refractivity contribution is -0.113. The monoisotopic (exact) mass is 333 g/mol. The number of halogens is 1. The van der Waals surface area contributed by atoms with Crippen LogP contribution in [-0.4, -0.2) is 24.7 Å². The number of amides is 3. The van der Waals surface area contributed by atoms with Crippen molar-refractivity contribution in [3.05, 3.63) is 54.3 Å². The van der Waals surface area contributed by atoms with Crippen LogP contribution in [0.5, 0.6) is 0 Å². The molecule has 3 amide bonds. The molecule has 0 unspecified atom stereocenters. The number of hydrogen-bond acceptors (Lipinski definition) is 3. The van der Waals surface area contributed by atoms with E-state index < -0.39 is 0 Å². The van der Waals surface area contributed by atoms with Crippen LogP contribution in [0.2, 0.25) is 0 Å². The molecule has 0 aliphatic carbocycles. The number of rotatable bonds is 5. The van der Waals surface area contributed by atoms with Crippen LogP contribution in [0, 0.1) is 5.82 Å². The maximum atomic E-state index is 13.5. The van der Waals surface area contributed by atoms with Crippen LogP contribution >= 0.6 is 11.8 Å². The van der Waals surface area contributed by atoms with Gasteiger partial charge in [0.25, 0.3) is 0 Å². The molecule has 120 valence electrons. The van der Waals surface area contributed by atoms with E-state index in [1.165, 1.54) is 13.1 Å². The van der Waals surface area contributed by atoms with Gasteiger partial charge in [0.1, 0.15) is 5.82 Å². The molecule has 0 bridgehead atoms. The molecule has 2 aromatic rings. The largest absolute Gasteiger partial charge is 0.341 e. The third-order valence-electron chi connectivity index (χ3n) is 2.83. The third-order valence-corrected chi connectivity index (χ3v) is 3.88. The molecule has 0 fully saturated rings. The highest BCUT2D eigenvalue weighted by Gasteiger charge is 2.07. The Balaban J connectivity index is 1.91. The molecule has 0 atom stereocenters. The molecule has 2 rings (SSSR count). The lowest BCUT2D eigenvalue weighted by atomic mass is 10.3. The summed E-state index contributed by atoms with van der Waals surface area (Å²) in [7, 11) is 1.51. The Morgan fingerprint density at radius 1 is 1.04 bits per heavy atom. The van der Waals surface area contributed by atoms with Crippen molar-refractivity contribution in [2.75, 3.05) is 23.4 Å². The molecule has 5 nitrogen and oxygen atoms in total. The summed E-state index contributed by atoms with van der Waals surface area (Å²) >= 11 is 1.13. The summed E-state index contributed by atoms with van der Waals surface area (Å²) in [6.07, 6.45) is 0. The number of anilines is 2. The van der Waals surface area contributed by atoms with Gasteiger partial charge in [-0.1, -0.05) is 18.2 Å². The van der Waals surface area contributed by atoms with E-state index in [0.717, 1.165) is 11.8 Å². The van der Waals surface area contributed by atoms with E-state index in [1.54, 1.807) is 42.5 Å². The van der Waals surface area contributed by atoms with Crippen molar-refractivity contribution in [1.82, 2.24) is 5.32 Å². The lowest BCUT2D eigenvalue weighted by Gasteiger charge is -2.08. The molecule has 3 N–H and O–H groups in total. The number of carbonyl (C=O) groups is 2. The minimum absolute atomic E-state index is 0.0913. The van der Waals surface area contributed by atoms with Crippen molar-refractivity contribution in [3.63, 3.8) is 0 Å². The Bertz CT molecular complexity index is 709. The van der Waals surface area contributed by atoms with Gasteiger partial charge in [0, 0.05) is 23.3 Å². The fraction of sp³-hybridized carbons (Fsp3) is 0.125. The number of carbonyl (C=O) groups excluding carboxylic acids is 2. The van der Waals surface area contributed by atoms with E-state index in [2.05, 4.69) is 16.0 Å². The van der Waals surface area contributed by atoms with Gasteiger partial charge in [-0.05, 0) is 30.3 Å². The summed E-state index contributed by atoms with van der Waals surface area (Å²) < 4.78 is 13.5. The molecule has 0 heterocycles. The third kappa shape index (κ3) is 5.30. The fourth-order valence-electron chi connectivity index (χ4n) is 1.77. The highest BCUT2D eigenvalue weighted by atomic mass is 32.2. The number of nitrogens with one attached hydrogen (secondary N) is 3. The second kappa shape index (κ2) is 8.19. The molecule has 0 saturated heterocycles. The van der Waals surface area contributed by atoms with E-state index in [0.29, 0.717) is 16.3 Å². The number of hydrogen-bond donors (Lipinski definition) is 3. The number of thioether (sulfide) groups is 1. The lowest BCUT2D eigenvalue weighted by Crippen LogP contribution is -2.24. The van der Waals surface area contributed by atoms with Crippen LogP contribution in [0.4, 0.5) is 20.6 Å². The summed E-state index contributed by atoms with van der Waals surface area (Å²) in [4.78, 5) is 23.6. The van der Waals surface area contributed by atoms with Gasteiger partial charge in [0.2, 0.25) is 5.91 Å². The maximum absolute atomic E-state index is 13.5. The average molecular weight is 333 g/mol. The zero-order valence-corrected chi connectivity index (χ0v) is 13.2. The van der Waals surface area contributed by atoms with Crippen LogP contribution in [0.25, 0.3) is 0 Å². The number of benzene rings is 2. The highest BCUT2D eigenvalue weighted by molar-refractivity contribution is 8.00. The first-order chi connectivity index (χ1) is 11.1. The van der Waals surface area contributed by atoms with Crippen molar-refractivity contribution in [2.24, 2.45) is 0 Å². The summed E-state index contributed by atoms with van der Waals surface area (Å²) in [5.74, 6) is -0.508. The van der Waals surface area contributed by atoms with Gasteiger partial charge < -0.3 is 16.0 Å². The van der Waals surface area contributed by atoms with Crippen LogP contribution in [-0.2, 0) is 4.79 Å². The molecule has 2 aromatic carbocycles.